The Hall–Kier alpha value is -1.95. The van der Waals surface area contributed by atoms with Gasteiger partial charge >= 0.3 is 5.76 Å². The maximum absolute atomic E-state index is 11.2. The summed E-state index contributed by atoms with van der Waals surface area (Å²) < 4.78 is 4.99. The number of aromatic amines is 1. The molecule has 1 aliphatic carbocycles. The molecule has 3 rings (SSSR count). The minimum absolute atomic E-state index is 0.0792. The topological polar surface area (TPSA) is 95.5 Å². The summed E-state index contributed by atoms with van der Waals surface area (Å²) in [5.41, 5.74) is 8.56. The third kappa shape index (κ3) is 2.08. The Morgan fingerprint density at radius 3 is 2.89 bits per heavy atom. The quantitative estimate of drug-likeness (QED) is 0.717. The van der Waals surface area contributed by atoms with Gasteiger partial charge in [-0.15, -0.1) is 0 Å². The monoisotopic (exact) mass is 263 g/mol. The van der Waals surface area contributed by atoms with E-state index < -0.39 is 5.76 Å². The van der Waals surface area contributed by atoms with E-state index in [4.69, 9.17) is 10.2 Å². The van der Waals surface area contributed by atoms with Crippen LogP contribution in [0.4, 0.5) is 11.4 Å². The highest BCUT2D eigenvalue weighted by Crippen LogP contribution is 2.34. The van der Waals surface area contributed by atoms with Crippen molar-refractivity contribution >= 4 is 22.5 Å². The number of benzene rings is 1. The van der Waals surface area contributed by atoms with E-state index in [1.807, 2.05) is 6.07 Å². The number of aromatic nitrogens is 1. The van der Waals surface area contributed by atoms with Gasteiger partial charge in [-0.1, -0.05) is 0 Å². The number of aliphatic hydroxyl groups is 1. The van der Waals surface area contributed by atoms with Crippen molar-refractivity contribution in [1.82, 2.24) is 4.98 Å². The van der Waals surface area contributed by atoms with Crippen LogP contribution in [0.25, 0.3) is 11.1 Å². The van der Waals surface area contributed by atoms with Gasteiger partial charge in [0, 0.05) is 18.7 Å². The standard InChI is InChI=1S/C13H17N3O3/c14-9-6-12-10(15-13(18)19-12)7-11(9)16(4-5-17)8-2-1-3-8/h6-8,17H,1-5,14H2,(H,15,18). The first kappa shape index (κ1) is 12.1. The Morgan fingerprint density at radius 1 is 1.47 bits per heavy atom. The molecule has 1 aliphatic rings. The molecule has 19 heavy (non-hydrogen) atoms. The van der Waals surface area contributed by atoms with Crippen molar-refractivity contribution in [3.05, 3.63) is 22.7 Å². The lowest BCUT2D eigenvalue weighted by molar-refractivity contribution is 0.284. The number of oxazole rings is 1. The van der Waals surface area contributed by atoms with E-state index in [0.717, 1.165) is 18.5 Å². The molecule has 1 aromatic carbocycles. The summed E-state index contributed by atoms with van der Waals surface area (Å²) in [5.74, 6) is -0.482. The summed E-state index contributed by atoms with van der Waals surface area (Å²) >= 11 is 0. The molecule has 1 aromatic heterocycles. The van der Waals surface area contributed by atoms with Crippen LogP contribution < -0.4 is 16.4 Å². The van der Waals surface area contributed by atoms with Gasteiger partial charge in [-0.25, -0.2) is 4.79 Å². The van der Waals surface area contributed by atoms with Crippen molar-refractivity contribution in [2.45, 2.75) is 25.3 Å². The van der Waals surface area contributed by atoms with Gasteiger partial charge in [-0.05, 0) is 25.3 Å². The maximum atomic E-state index is 11.2. The van der Waals surface area contributed by atoms with E-state index in [2.05, 4.69) is 9.88 Å². The summed E-state index contributed by atoms with van der Waals surface area (Å²) in [7, 11) is 0. The Labute approximate surface area is 109 Å². The third-order valence-electron chi connectivity index (χ3n) is 3.73. The number of nitrogens with one attached hydrogen (secondary N) is 1. The van der Waals surface area contributed by atoms with Crippen LogP contribution in [0.3, 0.4) is 0 Å². The van der Waals surface area contributed by atoms with Gasteiger partial charge in [0.15, 0.2) is 5.58 Å². The number of anilines is 2. The number of fused-ring (bicyclic) bond motifs is 1. The van der Waals surface area contributed by atoms with E-state index in [1.54, 1.807) is 6.07 Å². The van der Waals surface area contributed by atoms with Gasteiger partial charge in [0.2, 0.25) is 0 Å². The number of H-pyrrole nitrogens is 1. The lowest BCUT2D eigenvalue weighted by Crippen LogP contribution is -2.42. The molecule has 0 saturated heterocycles. The molecule has 6 heteroatoms. The molecule has 0 atom stereocenters. The largest absolute Gasteiger partial charge is 0.417 e. The van der Waals surface area contributed by atoms with Crippen molar-refractivity contribution in [2.75, 3.05) is 23.8 Å². The van der Waals surface area contributed by atoms with Crippen LogP contribution in [0, 0.1) is 0 Å². The Kier molecular flexibility index (Phi) is 2.94. The van der Waals surface area contributed by atoms with Crippen LogP contribution in [0.5, 0.6) is 0 Å². The van der Waals surface area contributed by atoms with Gasteiger partial charge in [-0.2, -0.15) is 0 Å². The summed E-state index contributed by atoms with van der Waals surface area (Å²) in [6, 6.07) is 3.90. The number of nitrogens with two attached hydrogens (primary N) is 1. The second kappa shape index (κ2) is 4.62. The van der Waals surface area contributed by atoms with Crippen molar-refractivity contribution in [3.8, 4) is 0 Å². The van der Waals surface area contributed by atoms with Crippen LogP contribution in [0.1, 0.15) is 19.3 Å². The number of hydrogen-bond donors (Lipinski definition) is 3. The number of aliphatic hydroxyl groups excluding tert-OH is 1. The summed E-state index contributed by atoms with van der Waals surface area (Å²) in [6.07, 6.45) is 3.43. The fourth-order valence-corrected chi connectivity index (χ4v) is 2.56. The van der Waals surface area contributed by atoms with Crippen molar-refractivity contribution in [2.24, 2.45) is 0 Å². The number of nitrogen functional groups attached to an aromatic ring is 1. The molecular weight excluding hydrogens is 246 g/mol. The summed E-state index contributed by atoms with van der Waals surface area (Å²) in [5, 5.41) is 9.22. The van der Waals surface area contributed by atoms with Crippen LogP contribution in [-0.2, 0) is 0 Å². The van der Waals surface area contributed by atoms with Crippen molar-refractivity contribution < 1.29 is 9.52 Å². The van der Waals surface area contributed by atoms with E-state index in [0.29, 0.717) is 29.4 Å². The Morgan fingerprint density at radius 2 is 2.26 bits per heavy atom. The van der Waals surface area contributed by atoms with Crippen LogP contribution in [0.15, 0.2) is 21.3 Å². The lowest BCUT2D eigenvalue weighted by atomic mass is 9.91. The molecule has 4 N–H and O–H groups in total. The predicted octanol–water partition coefficient (Wildman–Crippen LogP) is 1.05. The molecule has 0 bridgehead atoms. The molecule has 102 valence electrons. The second-order valence-corrected chi connectivity index (χ2v) is 4.92. The highest BCUT2D eigenvalue weighted by atomic mass is 16.4. The van der Waals surface area contributed by atoms with Gasteiger partial charge < -0.3 is 20.2 Å². The van der Waals surface area contributed by atoms with Crippen molar-refractivity contribution in [3.63, 3.8) is 0 Å². The normalized spacial score (nSPS) is 15.6. The molecule has 6 nitrogen and oxygen atoms in total. The minimum Gasteiger partial charge on any atom is -0.408 e. The smallest absolute Gasteiger partial charge is 0.408 e. The van der Waals surface area contributed by atoms with E-state index in [9.17, 15) is 9.90 Å². The first-order chi connectivity index (χ1) is 9.19. The number of rotatable bonds is 4. The molecule has 0 amide bonds. The lowest BCUT2D eigenvalue weighted by Gasteiger charge is -2.39. The SMILES string of the molecule is Nc1cc2oc(=O)[nH]c2cc1N(CCO)C1CCC1. The molecule has 1 fully saturated rings. The fraction of sp³-hybridized carbons (Fsp3) is 0.462. The molecule has 0 spiro atoms. The van der Waals surface area contributed by atoms with Gasteiger partial charge in [0.05, 0.1) is 23.5 Å². The highest BCUT2D eigenvalue weighted by molar-refractivity contribution is 5.85. The Bertz CT molecular complexity index is 642. The third-order valence-corrected chi connectivity index (χ3v) is 3.73. The maximum Gasteiger partial charge on any atom is 0.417 e. The molecule has 1 saturated carbocycles. The summed E-state index contributed by atoms with van der Waals surface area (Å²) in [4.78, 5) is 15.9. The average Bonchev–Trinajstić information content (AvgIpc) is 2.64. The molecule has 2 aromatic rings. The zero-order chi connectivity index (χ0) is 13.4. The molecule has 0 radical (unpaired) electrons. The highest BCUT2D eigenvalue weighted by Gasteiger charge is 2.26. The van der Waals surface area contributed by atoms with E-state index >= 15 is 0 Å². The van der Waals surface area contributed by atoms with Gasteiger partial charge in [0.1, 0.15) is 0 Å². The molecular formula is C13H17N3O3. The van der Waals surface area contributed by atoms with Crippen LogP contribution >= 0.6 is 0 Å². The number of nitrogens with zero attached hydrogens (tertiary/aromatic N) is 1. The van der Waals surface area contributed by atoms with Gasteiger partial charge in [0.25, 0.3) is 0 Å². The zero-order valence-corrected chi connectivity index (χ0v) is 10.6. The molecule has 0 aliphatic heterocycles. The number of hydrogen-bond acceptors (Lipinski definition) is 5. The van der Waals surface area contributed by atoms with Gasteiger partial charge in [-0.3, -0.25) is 4.98 Å². The van der Waals surface area contributed by atoms with E-state index in [-0.39, 0.29) is 6.61 Å². The molecule has 1 heterocycles. The van der Waals surface area contributed by atoms with Crippen molar-refractivity contribution in [1.29, 1.82) is 0 Å². The first-order valence-corrected chi connectivity index (χ1v) is 6.49. The summed E-state index contributed by atoms with van der Waals surface area (Å²) in [6.45, 7) is 0.623. The second-order valence-electron chi connectivity index (χ2n) is 4.92. The predicted molar refractivity (Wildman–Crippen MR) is 73.3 cm³/mol. The fourth-order valence-electron chi connectivity index (χ4n) is 2.56. The van der Waals surface area contributed by atoms with Crippen LogP contribution in [0.2, 0.25) is 0 Å². The minimum atomic E-state index is -0.482. The van der Waals surface area contributed by atoms with E-state index in [1.165, 1.54) is 6.42 Å². The zero-order valence-electron chi connectivity index (χ0n) is 10.6. The first-order valence-electron chi connectivity index (χ1n) is 6.49. The average molecular weight is 263 g/mol. The Balaban J connectivity index is 2.05. The van der Waals surface area contributed by atoms with Crippen LogP contribution in [-0.4, -0.2) is 29.3 Å². The molecule has 0 unspecified atom stereocenters.